The second-order valence-electron chi connectivity index (χ2n) is 7.14. The number of para-hydroxylation sites is 2. The average molecular weight is 459 g/mol. The second-order valence-corrected chi connectivity index (χ2v) is 9.64. The first-order valence-electron chi connectivity index (χ1n) is 9.78. The summed E-state index contributed by atoms with van der Waals surface area (Å²) in [4.78, 5) is 17.9. The zero-order valence-corrected chi connectivity index (χ0v) is 19.1. The van der Waals surface area contributed by atoms with Crippen LogP contribution in [0.15, 0.2) is 100 Å². The highest BCUT2D eigenvalue weighted by atomic mass is 32.2. The van der Waals surface area contributed by atoms with Gasteiger partial charge in [0.15, 0.2) is 4.32 Å². The van der Waals surface area contributed by atoms with E-state index >= 15 is 0 Å². The Labute approximate surface area is 195 Å². The highest BCUT2D eigenvalue weighted by Crippen LogP contribution is 2.49. The minimum Gasteiger partial charge on any atom is -0.302 e. The van der Waals surface area contributed by atoms with Gasteiger partial charge in [0, 0.05) is 11.1 Å². The number of carbonyl (C=O) groups excluding carboxylic acids is 1. The van der Waals surface area contributed by atoms with Crippen LogP contribution in [0.4, 0.5) is 11.4 Å². The Kier molecular flexibility index (Phi) is 5.44. The first-order valence-corrected chi connectivity index (χ1v) is 11.9. The normalized spacial score (nSPS) is 18.7. The Morgan fingerprint density at radius 3 is 1.97 bits per heavy atom. The zero-order chi connectivity index (χ0) is 21.4. The molecule has 2 aliphatic heterocycles. The first-order chi connectivity index (χ1) is 15.1. The third-order valence-electron chi connectivity index (χ3n) is 5.07. The number of aryl methyl sites for hydroxylation is 1. The van der Waals surface area contributed by atoms with Gasteiger partial charge in [0.1, 0.15) is 9.93 Å². The van der Waals surface area contributed by atoms with Gasteiger partial charge >= 0.3 is 0 Å². The van der Waals surface area contributed by atoms with Crippen LogP contribution >= 0.6 is 35.7 Å². The fourth-order valence-electron chi connectivity index (χ4n) is 3.53. The van der Waals surface area contributed by atoms with E-state index in [0.717, 1.165) is 27.7 Å². The van der Waals surface area contributed by atoms with Crippen LogP contribution in [-0.4, -0.2) is 10.2 Å². The van der Waals surface area contributed by atoms with Crippen molar-refractivity contribution in [3.8, 4) is 0 Å². The van der Waals surface area contributed by atoms with Gasteiger partial charge in [-0.05, 0) is 36.8 Å². The molecular weight excluding hydrogens is 440 g/mol. The number of nitrogens with zero attached hydrogens (tertiary/aromatic N) is 2. The Hall–Kier alpha value is -2.80. The predicted molar refractivity (Wildman–Crippen MR) is 137 cm³/mol. The molecule has 0 aromatic heterocycles. The molecule has 0 saturated carbocycles. The maximum atomic E-state index is 13.5. The van der Waals surface area contributed by atoms with Crippen LogP contribution < -0.4 is 9.80 Å². The van der Waals surface area contributed by atoms with E-state index in [1.54, 1.807) is 16.7 Å². The van der Waals surface area contributed by atoms with Crippen LogP contribution in [-0.2, 0) is 4.79 Å². The standard InChI is InChI=1S/C25H18N2OS3/c1-17-12-14-18(15-13-17)21-16-30-24(26(21)19-8-4-2-5-9-19)22-23(28)27(25(29)31-22)20-10-6-3-7-11-20/h2-16H,1H3/b24-22+. The van der Waals surface area contributed by atoms with Gasteiger partial charge in [-0.15, -0.1) is 0 Å². The molecule has 0 aliphatic carbocycles. The minimum absolute atomic E-state index is 0.0804. The van der Waals surface area contributed by atoms with Crippen molar-refractivity contribution in [1.29, 1.82) is 0 Å². The fraction of sp³-hybridized carbons (Fsp3) is 0.0400. The van der Waals surface area contributed by atoms with Crippen LogP contribution in [0.1, 0.15) is 11.1 Å². The molecule has 31 heavy (non-hydrogen) atoms. The Balaban J connectivity index is 1.60. The second kappa shape index (κ2) is 8.38. The molecule has 0 atom stereocenters. The van der Waals surface area contributed by atoms with Crippen LogP contribution in [0.25, 0.3) is 5.70 Å². The van der Waals surface area contributed by atoms with E-state index in [9.17, 15) is 4.79 Å². The molecule has 5 rings (SSSR count). The molecule has 2 aliphatic rings. The molecule has 1 fully saturated rings. The predicted octanol–water partition coefficient (Wildman–Crippen LogP) is 6.78. The molecule has 0 unspecified atom stereocenters. The molecule has 3 aromatic rings. The van der Waals surface area contributed by atoms with E-state index < -0.39 is 0 Å². The molecule has 0 spiro atoms. The van der Waals surface area contributed by atoms with Crippen molar-refractivity contribution in [2.24, 2.45) is 0 Å². The Morgan fingerprint density at radius 2 is 1.35 bits per heavy atom. The Bertz CT molecular complexity index is 1220. The van der Waals surface area contributed by atoms with Crippen molar-refractivity contribution >= 4 is 63.0 Å². The number of rotatable bonds is 3. The van der Waals surface area contributed by atoms with Crippen LogP contribution in [0.3, 0.4) is 0 Å². The van der Waals surface area contributed by atoms with Crippen LogP contribution in [0.2, 0.25) is 0 Å². The molecule has 2 heterocycles. The lowest BCUT2D eigenvalue weighted by Crippen LogP contribution is -2.28. The number of thioether (sulfide) groups is 2. The van der Waals surface area contributed by atoms with Gasteiger partial charge in [-0.25, -0.2) is 0 Å². The maximum absolute atomic E-state index is 13.5. The quantitative estimate of drug-likeness (QED) is 0.318. The lowest BCUT2D eigenvalue weighted by Gasteiger charge is -2.25. The van der Waals surface area contributed by atoms with Crippen molar-refractivity contribution in [1.82, 2.24) is 0 Å². The number of anilines is 2. The minimum atomic E-state index is -0.0804. The topological polar surface area (TPSA) is 23.6 Å². The summed E-state index contributed by atoms with van der Waals surface area (Å²) in [5, 5.41) is 3.00. The Morgan fingerprint density at radius 1 is 0.774 bits per heavy atom. The number of hydrogen-bond donors (Lipinski definition) is 0. The number of carbonyl (C=O) groups is 1. The molecular formula is C25H18N2OS3. The number of benzene rings is 3. The number of hydrogen-bond acceptors (Lipinski definition) is 5. The molecule has 6 heteroatoms. The van der Waals surface area contributed by atoms with E-state index in [4.69, 9.17) is 12.2 Å². The smallest absolute Gasteiger partial charge is 0.273 e. The average Bonchev–Trinajstić information content (AvgIpc) is 3.36. The van der Waals surface area contributed by atoms with Crippen LogP contribution in [0.5, 0.6) is 0 Å². The van der Waals surface area contributed by atoms with Crippen molar-refractivity contribution in [3.63, 3.8) is 0 Å². The summed E-state index contributed by atoms with van der Waals surface area (Å²) in [6.45, 7) is 2.08. The largest absolute Gasteiger partial charge is 0.302 e. The van der Waals surface area contributed by atoms with Gasteiger partial charge in [-0.3, -0.25) is 9.69 Å². The third-order valence-corrected chi connectivity index (χ3v) is 7.51. The molecule has 1 saturated heterocycles. The highest BCUT2D eigenvalue weighted by Gasteiger charge is 2.39. The fourth-order valence-corrected chi connectivity index (χ4v) is 6.02. The highest BCUT2D eigenvalue weighted by molar-refractivity contribution is 8.27. The lowest BCUT2D eigenvalue weighted by atomic mass is 10.1. The zero-order valence-electron chi connectivity index (χ0n) is 16.7. The summed E-state index contributed by atoms with van der Waals surface area (Å²) in [5.41, 5.74) is 5.18. The number of thiocarbonyl (C=S) groups is 1. The van der Waals surface area contributed by atoms with Crippen molar-refractivity contribution in [2.45, 2.75) is 6.92 Å². The summed E-state index contributed by atoms with van der Waals surface area (Å²) in [6.07, 6.45) is 0. The summed E-state index contributed by atoms with van der Waals surface area (Å²) in [6, 6.07) is 28.2. The van der Waals surface area contributed by atoms with Gasteiger partial charge in [0.2, 0.25) is 0 Å². The molecule has 152 valence electrons. The van der Waals surface area contributed by atoms with Crippen molar-refractivity contribution in [2.75, 3.05) is 9.80 Å². The lowest BCUT2D eigenvalue weighted by molar-refractivity contribution is -0.113. The monoisotopic (exact) mass is 458 g/mol. The van der Waals surface area contributed by atoms with E-state index in [2.05, 4.69) is 53.6 Å². The van der Waals surface area contributed by atoms with Crippen molar-refractivity contribution < 1.29 is 4.79 Å². The van der Waals surface area contributed by atoms with Gasteiger partial charge < -0.3 is 4.90 Å². The van der Waals surface area contributed by atoms with Gasteiger partial charge in [0.05, 0.1) is 11.4 Å². The summed E-state index contributed by atoms with van der Waals surface area (Å²) >= 11 is 8.53. The molecule has 1 amide bonds. The summed E-state index contributed by atoms with van der Waals surface area (Å²) in [5.74, 6) is -0.0804. The van der Waals surface area contributed by atoms with E-state index in [1.165, 1.54) is 17.3 Å². The first kappa shape index (κ1) is 20.1. The van der Waals surface area contributed by atoms with Crippen LogP contribution in [0, 0.1) is 6.92 Å². The maximum Gasteiger partial charge on any atom is 0.273 e. The van der Waals surface area contributed by atoms with Gasteiger partial charge in [-0.1, -0.05) is 102 Å². The van der Waals surface area contributed by atoms with E-state index in [-0.39, 0.29) is 5.91 Å². The summed E-state index contributed by atoms with van der Waals surface area (Å²) < 4.78 is 0.552. The SMILES string of the molecule is Cc1ccc(C2=CS/C(=C3/SC(=S)N(c4ccccc4)C3=O)N2c2ccccc2)cc1. The number of amides is 1. The molecule has 0 radical (unpaired) electrons. The third kappa shape index (κ3) is 3.71. The van der Waals surface area contributed by atoms with E-state index in [1.807, 2.05) is 48.5 Å². The molecule has 0 bridgehead atoms. The van der Waals surface area contributed by atoms with Gasteiger partial charge in [-0.2, -0.15) is 0 Å². The van der Waals surface area contributed by atoms with Gasteiger partial charge in [0.25, 0.3) is 5.91 Å². The van der Waals surface area contributed by atoms with Crippen molar-refractivity contribution in [3.05, 3.63) is 111 Å². The molecule has 0 N–H and O–H groups in total. The molecule has 3 nitrogen and oxygen atoms in total. The molecule has 3 aromatic carbocycles. The van der Waals surface area contributed by atoms with E-state index in [0.29, 0.717) is 9.23 Å². The summed E-state index contributed by atoms with van der Waals surface area (Å²) in [7, 11) is 0.